The third kappa shape index (κ3) is 7.27. The van der Waals surface area contributed by atoms with Crippen molar-refractivity contribution in [1.82, 2.24) is 15.5 Å². The predicted molar refractivity (Wildman–Crippen MR) is 117 cm³/mol. The lowest BCUT2D eigenvalue weighted by molar-refractivity contribution is 0.187. The Morgan fingerprint density at radius 3 is 2.71 bits per heavy atom. The maximum atomic E-state index is 4.34. The Morgan fingerprint density at radius 1 is 1.38 bits per heavy atom. The van der Waals surface area contributed by atoms with Gasteiger partial charge in [0.25, 0.3) is 0 Å². The lowest BCUT2D eigenvalue weighted by Gasteiger charge is -2.31. The van der Waals surface area contributed by atoms with Crippen LogP contribution >= 0.6 is 35.3 Å². The third-order valence-electron chi connectivity index (χ3n) is 4.83. The predicted octanol–water partition coefficient (Wildman–Crippen LogP) is 3.76. The number of piperidine rings is 1. The number of thiophene rings is 1. The Labute approximate surface area is 168 Å². The van der Waals surface area contributed by atoms with Crippen LogP contribution in [0.25, 0.3) is 0 Å². The third-order valence-corrected chi connectivity index (χ3v) is 5.93. The van der Waals surface area contributed by atoms with E-state index in [4.69, 9.17) is 0 Å². The van der Waals surface area contributed by atoms with E-state index in [0.717, 1.165) is 25.0 Å². The molecule has 1 aliphatic heterocycles. The van der Waals surface area contributed by atoms with Gasteiger partial charge in [-0.25, -0.2) is 0 Å². The molecule has 1 aliphatic rings. The summed E-state index contributed by atoms with van der Waals surface area (Å²) in [4.78, 5) is 8.32. The maximum Gasteiger partial charge on any atom is 0.190 e. The molecule has 2 heterocycles. The van der Waals surface area contributed by atoms with Gasteiger partial charge in [-0.05, 0) is 56.3 Å². The summed E-state index contributed by atoms with van der Waals surface area (Å²) in [5, 5.41) is 9.06. The lowest BCUT2D eigenvalue weighted by Crippen LogP contribution is -2.40. The molecule has 0 aliphatic carbocycles. The van der Waals surface area contributed by atoms with Gasteiger partial charge in [0, 0.05) is 30.9 Å². The summed E-state index contributed by atoms with van der Waals surface area (Å²) < 4.78 is 0. The monoisotopic (exact) mass is 464 g/mol. The second-order valence-electron chi connectivity index (χ2n) is 6.46. The highest BCUT2D eigenvalue weighted by Crippen LogP contribution is 2.20. The van der Waals surface area contributed by atoms with Crippen LogP contribution in [0.15, 0.2) is 22.5 Å². The fourth-order valence-corrected chi connectivity index (χ4v) is 3.92. The van der Waals surface area contributed by atoms with E-state index in [1.165, 1.54) is 43.8 Å². The minimum Gasteiger partial charge on any atom is -0.356 e. The molecule has 6 heteroatoms. The van der Waals surface area contributed by atoms with Crippen LogP contribution in [0.4, 0.5) is 0 Å². The molecule has 0 radical (unpaired) electrons. The summed E-state index contributed by atoms with van der Waals surface area (Å²) in [5.74, 6) is 2.32. The SMILES string of the molecule is CCN1CCC(CCNC(=NC)NCC(C)c2cccs2)CC1.I. The Kier molecular flexibility index (Phi) is 10.9. The van der Waals surface area contributed by atoms with Gasteiger partial charge in [0.05, 0.1) is 0 Å². The molecule has 1 aromatic heterocycles. The average Bonchev–Trinajstić information content (AvgIpc) is 3.13. The van der Waals surface area contributed by atoms with Crippen molar-refractivity contribution < 1.29 is 0 Å². The molecular weight excluding hydrogens is 431 g/mol. The van der Waals surface area contributed by atoms with Crippen molar-refractivity contribution in [3.05, 3.63) is 22.4 Å². The summed E-state index contributed by atoms with van der Waals surface area (Å²) in [7, 11) is 1.85. The number of aliphatic imine (C=N–C) groups is 1. The summed E-state index contributed by atoms with van der Waals surface area (Å²) in [6.07, 6.45) is 3.94. The first-order chi connectivity index (χ1) is 11.2. The molecule has 24 heavy (non-hydrogen) atoms. The number of nitrogens with zero attached hydrogens (tertiary/aromatic N) is 2. The molecule has 0 spiro atoms. The van der Waals surface area contributed by atoms with Gasteiger partial charge in [0.15, 0.2) is 5.96 Å². The maximum absolute atomic E-state index is 4.34. The number of likely N-dealkylation sites (tertiary alicyclic amines) is 1. The summed E-state index contributed by atoms with van der Waals surface area (Å²) >= 11 is 1.82. The van der Waals surface area contributed by atoms with Crippen LogP contribution in [-0.4, -0.2) is 50.6 Å². The van der Waals surface area contributed by atoms with Gasteiger partial charge in [0.2, 0.25) is 0 Å². The van der Waals surface area contributed by atoms with Crippen molar-refractivity contribution in [2.45, 2.75) is 39.0 Å². The van der Waals surface area contributed by atoms with Crippen molar-refractivity contribution in [3.8, 4) is 0 Å². The van der Waals surface area contributed by atoms with E-state index in [0.29, 0.717) is 5.92 Å². The minimum absolute atomic E-state index is 0. The van der Waals surface area contributed by atoms with E-state index in [-0.39, 0.29) is 24.0 Å². The van der Waals surface area contributed by atoms with Crippen LogP contribution in [-0.2, 0) is 0 Å². The van der Waals surface area contributed by atoms with Gasteiger partial charge in [-0.1, -0.05) is 19.9 Å². The molecule has 1 aromatic rings. The molecule has 0 bridgehead atoms. The van der Waals surface area contributed by atoms with E-state index in [1.807, 2.05) is 18.4 Å². The largest absolute Gasteiger partial charge is 0.356 e. The molecule has 1 saturated heterocycles. The van der Waals surface area contributed by atoms with Crippen LogP contribution in [0.2, 0.25) is 0 Å². The van der Waals surface area contributed by atoms with Gasteiger partial charge in [-0.2, -0.15) is 0 Å². The molecule has 1 unspecified atom stereocenters. The number of hydrogen-bond donors (Lipinski definition) is 2. The Morgan fingerprint density at radius 2 is 2.12 bits per heavy atom. The molecule has 2 N–H and O–H groups in total. The van der Waals surface area contributed by atoms with E-state index < -0.39 is 0 Å². The van der Waals surface area contributed by atoms with Crippen LogP contribution in [0.5, 0.6) is 0 Å². The standard InChI is InChI=1S/C18H32N4S.HI/c1-4-22-11-8-16(9-12-22)7-10-20-18(19-3)21-14-15(2)17-6-5-13-23-17;/h5-6,13,15-16H,4,7-12,14H2,1-3H3,(H2,19,20,21);1H. The Balaban J connectivity index is 0.00000288. The molecule has 0 amide bonds. The zero-order chi connectivity index (χ0) is 16.5. The number of guanidine groups is 1. The highest BCUT2D eigenvalue weighted by Gasteiger charge is 2.17. The van der Waals surface area contributed by atoms with Crippen LogP contribution < -0.4 is 10.6 Å². The zero-order valence-electron chi connectivity index (χ0n) is 15.3. The minimum atomic E-state index is 0. The lowest BCUT2D eigenvalue weighted by atomic mass is 9.93. The fourth-order valence-electron chi connectivity index (χ4n) is 3.13. The number of nitrogens with one attached hydrogen (secondary N) is 2. The van der Waals surface area contributed by atoms with Crippen LogP contribution in [0.1, 0.15) is 43.9 Å². The highest BCUT2D eigenvalue weighted by atomic mass is 127. The van der Waals surface area contributed by atoms with Crippen molar-refractivity contribution in [3.63, 3.8) is 0 Å². The van der Waals surface area contributed by atoms with Gasteiger partial charge < -0.3 is 15.5 Å². The molecule has 1 fully saturated rings. The number of rotatable bonds is 7. The van der Waals surface area contributed by atoms with E-state index in [9.17, 15) is 0 Å². The average molecular weight is 464 g/mol. The molecule has 4 nitrogen and oxygen atoms in total. The van der Waals surface area contributed by atoms with Gasteiger partial charge in [-0.15, -0.1) is 35.3 Å². The fraction of sp³-hybridized carbons (Fsp3) is 0.722. The zero-order valence-corrected chi connectivity index (χ0v) is 18.4. The first kappa shape index (κ1) is 21.7. The summed E-state index contributed by atoms with van der Waals surface area (Å²) in [6.45, 7) is 10.2. The Bertz CT molecular complexity index is 456. The van der Waals surface area contributed by atoms with E-state index in [1.54, 1.807) is 0 Å². The van der Waals surface area contributed by atoms with Crippen LogP contribution in [0, 0.1) is 5.92 Å². The van der Waals surface area contributed by atoms with Crippen molar-refractivity contribution in [1.29, 1.82) is 0 Å². The number of halogens is 1. The van der Waals surface area contributed by atoms with Crippen molar-refractivity contribution >= 4 is 41.3 Å². The highest BCUT2D eigenvalue weighted by molar-refractivity contribution is 14.0. The quantitative estimate of drug-likeness (QED) is 0.367. The first-order valence-electron chi connectivity index (χ1n) is 8.93. The second-order valence-corrected chi connectivity index (χ2v) is 7.44. The van der Waals surface area contributed by atoms with Crippen molar-refractivity contribution in [2.75, 3.05) is 39.8 Å². The topological polar surface area (TPSA) is 39.7 Å². The van der Waals surface area contributed by atoms with Gasteiger partial charge in [0.1, 0.15) is 0 Å². The molecular formula is C18H33IN4S. The molecule has 138 valence electrons. The number of hydrogen-bond acceptors (Lipinski definition) is 3. The van der Waals surface area contributed by atoms with E-state index in [2.05, 4.69) is 51.9 Å². The Hall–Kier alpha value is -0.340. The van der Waals surface area contributed by atoms with Crippen LogP contribution in [0.3, 0.4) is 0 Å². The normalized spacial score (nSPS) is 18.0. The molecule has 0 aromatic carbocycles. The smallest absolute Gasteiger partial charge is 0.190 e. The molecule has 2 rings (SSSR count). The van der Waals surface area contributed by atoms with Gasteiger partial charge in [-0.3, -0.25) is 4.99 Å². The molecule has 0 saturated carbocycles. The summed E-state index contributed by atoms with van der Waals surface area (Å²) in [6, 6.07) is 4.32. The molecule has 1 atom stereocenters. The first-order valence-corrected chi connectivity index (χ1v) is 9.81. The van der Waals surface area contributed by atoms with E-state index >= 15 is 0 Å². The van der Waals surface area contributed by atoms with Gasteiger partial charge >= 0.3 is 0 Å². The second kappa shape index (κ2) is 12.1. The van der Waals surface area contributed by atoms with Crippen molar-refractivity contribution in [2.24, 2.45) is 10.9 Å². The summed E-state index contributed by atoms with van der Waals surface area (Å²) in [5.41, 5.74) is 0.